The summed E-state index contributed by atoms with van der Waals surface area (Å²) >= 11 is 1.64. The molecule has 2 aliphatic rings. The lowest BCUT2D eigenvalue weighted by Gasteiger charge is -2.36. The van der Waals surface area contributed by atoms with Crippen molar-refractivity contribution in [3.05, 3.63) is 52.2 Å². The highest BCUT2D eigenvalue weighted by Gasteiger charge is 2.55. The van der Waals surface area contributed by atoms with Gasteiger partial charge in [0, 0.05) is 30.7 Å². The lowest BCUT2D eigenvalue weighted by molar-refractivity contribution is -0.132. The molecule has 124 valence electrons. The summed E-state index contributed by atoms with van der Waals surface area (Å²) in [6, 6.07) is 12.4. The topological polar surface area (TPSA) is 61.9 Å². The Morgan fingerprint density at radius 3 is 2.88 bits per heavy atom. The number of anilines is 1. The van der Waals surface area contributed by atoms with Gasteiger partial charge in [-0.25, -0.2) is 4.99 Å². The van der Waals surface area contributed by atoms with E-state index < -0.39 is 5.54 Å². The Labute approximate surface area is 145 Å². The second-order valence-electron chi connectivity index (χ2n) is 6.54. The number of fused-ring (bicyclic) bond motifs is 1. The van der Waals surface area contributed by atoms with E-state index in [0.717, 1.165) is 10.6 Å². The zero-order valence-electron chi connectivity index (χ0n) is 13.8. The molecular weight excluding hydrogens is 320 g/mol. The smallest absolute Gasteiger partial charge is 0.236 e. The Hall–Kier alpha value is -2.34. The average molecular weight is 340 g/mol. The van der Waals surface area contributed by atoms with Crippen LogP contribution >= 0.6 is 11.3 Å². The first-order valence-electron chi connectivity index (χ1n) is 8.00. The quantitative estimate of drug-likeness (QED) is 0.911. The van der Waals surface area contributed by atoms with Gasteiger partial charge < -0.3 is 10.6 Å². The normalized spacial score (nSPS) is 26.5. The number of aliphatic imine (C=N–C) groups is 1. The van der Waals surface area contributed by atoms with Crippen molar-refractivity contribution in [2.75, 3.05) is 25.0 Å². The second-order valence-corrected chi connectivity index (χ2v) is 7.49. The Balaban J connectivity index is 1.82. The maximum Gasteiger partial charge on any atom is 0.236 e. The summed E-state index contributed by atoms with van der Waals surface area (Å²) in [7, 11) is 1.70. The number of benzene rings is 1. The van der Waals surface area contributed by atoms with Gasteiger partial charge in [0.05, 0.1) is 5.92 Å². The molecule has 0 aliphatic carbocycles. The second kappa shape index (κ2) is 5.34. The van der Waals surface area contributed by atoms with Crippen LogP contribution in [0.2, 0.25) is 0 Å². The highest BCUT2D eigenvalue weighted by molar-refractivity contribution is 7.10. The largest absolute Gasteiger partial charge is 0.369 e. The van der Waals surface area contributed by atoms with Gasteiger partial charge in [-0.2, -0.15) is 0 Å². The maximum absolute atomic E-state index is 12.9. The van der Waals surface area contributed by atoms with Gasteiger partial charge in [-0.15, -0.1) is 11.3 Å². The molecule has 0 bridgehead atoms. The molecule has 0 saturated carbocycles. The first-order chi connectivity index (χ1) is 11.5. The molecule has 2 atom stereocenters. The number of hydrogen-bond acceptors (Lipinski definition) is 5. The lowest BCUT2D eigenvalue weighted by atomic mass is 9.84. The van der Waals surface area contributed by atoms with Crippen molar-refractivity contribution in [2.45, 2.75) is 12.5 Å². The molecule has 1 saturated heterocycles. The van der Waals surface area contributed by atoms with E-state index in [1.54, 1.807) is 18.4 Å². The first-order valence-corrected chi connectivity index (χ1v) is 8.88. The van der Waals surface area contributed by atoms with Gasteiger partial charge in [0.15, 0.2) is 5.96 Å². The lowest BCUT2D eigenvalue weighted by Crippen LogP contribution is -2.54. The van der Waals surface area contributed by atoms with Crippen molar-refractivity contribution in [2.24, 2.45) is 16.6 Å². The fourth-order valence-electron chi connectivity index (χ4n) is 3.71. The number of amides is 1. The van der Waals surface area contributed by atoms with Crippen LogP contribution in [-0.2, 0) is 10.3 Å². The molecule has 24 heavy (non-hydrogen) atoms. The van der Waals surface area contributed by atoms with Crippen LogP contribution in [0.5, 0.6) is 0 Å². The minimum Gasteiger partial charge on any atom is -0.369 e. The molecule has 2 aliphatic heterocycles. The molecule has 2 unspecified atom stereocenters. The van der Waals surface area contributed by atoms with Crippen molar-refractivity contribution >= 4 is 28.9 Å². The Bertz CT molecular complexity index is 816. The van der Waals surface area contributed by atoms with Crippen LogP contribution in [0, 0.1) is 12.8 Å². The number of thiophene rings is 1. The first kappa shape index (κ1) is 15.2. The van der Waals surface area contributed by atoms with Gasteiger partial charge >= 0.3 is 0 Å². The molecule has 2 aromatic rings. The predicted molar refractivity (Wildman–Crippen MR) is 97.3 cm³/mol. The van der Waals surface area contributed by atoms with Crippen LogP contribution in [0.25, 0.3) is 0 Å². The van der Waals surface area contributed by atoms with E-state index in [9.17, 15) is 4.79 Å². The predicted octanol–water partition coefficient (Wildman–Crippen LogP) is 2.17. The van der Waals surface area contributed by atoms with Gasteiger partial charge in [0.25, 0.3) is 0 Å². The molecule has 1 aromatic carbocycles. The number of rotatable bonds is 2. The van der Waals surface area contributed by atoms with Crippen LogP contribution in [-0.4, -0.2) is 36.9 Å². The van der Waals surface area contributed by atoms with Crippen molar-refractivity contribution < 1.29 is 4.79 Å². The fraction of sp³-hybridized carbons (Fsp3) is 0.333. The minimum absolute atomic E-state index is 0.0473. The van der Waals surface area contributed by atoms with Crippen molar-refractivity contribution in [1.29, 1.82) is 0 Å². The number of hydrogen-bond donors (Lipinski definition) is 1. The zero-order chi connectivity index (χ0) is 16.9. The van der Waals surface area contributed by atoms with Gasteiger partial charge in [-0.1, -0.05) is 18.2 Å². The summed E-state index contributed by atoms with van der Waals surface area (Å²) < 4.78 is 0. The highest BCUT2D eigenvalue weighted by atomic mass is 32.1. The van der Waals surface area contributed by atoms with Crippen molar-refractivity contribution in [1.82, 2.24) is 4.90 Å². The molecule has 1 fully saturated rings. The van der Waals surface area contributed by atoms with Crippen molar-refractivity contribution in [3.8, 4) is 0 Å². The van der Waals surface area contributed by atoms with Crippen LogP contribution in [0.1, 0.15) is 10.4 Å². The number of nitrogens with two attached hydrogens (primary N) is 1. The Morgan fingerprint density at radius 1 is 1.33 bits per heavy atom. The Kier molecular flexibility index (Phi) is 3.38. The molecule has 6 heteroatoms. The summed E-state index contributed by atoms with van der Waals surface area (Å²) in [5.74, 6) is 0.135. The zero-order valence-corrected chi connectivity index (χ0v) is 14.6. The Morgan fingerprint density at radius 2 is 2.17 bits per heavy atom. The minimum atomic E-state index is -0.578. The molecular formula is C18H20N4OS. The van der Waals surface area contributed by atoms with E-state index in [0.29, 0.717) is 19.0 Å². The number of carbonyl (C=O) groups is 1. The summed E-state index contributed by atoms with van der Waals surface area (Å²) in [4.78, 5) is 22.6. The molecule has 5 nitrogen and oxygen atoms in total. The van der Waals surface area contributed by atoms with E-state index in [1.807, 2.05) is 11.4 Å². The fourth-order valence-corrected chi connectivity index (χ4v) is 4.63. The molecule has 4 rings (SSSR count). The molecule has 1 aromatic heterocycles. The van der Waals surface area contributed by atoms with Gasteiger partial charge in [0.2, 0.25) is 5.91 Å². The van der Waals surface area contributed by atoms with E-state index in [4.69, 9.17) is 10.7 Å². The third-order valence-corrected chi connectivity index (χ3v) is 6.05. The number of aryl methyl sites for hydroxylation is 1. The summed E-state index contributed by atoms with van der Waals surface area (Å²) in [6.45, 7) is 3.40. The summed E-state index contributed by atoms with van der Waals surface area (Å²) in [5.41, 5.74) is 7.82. The van der Waals surface area contributed by atoms with E-state index in [2.05, 4.69) is 42.2 Å². The van der Waals surface area contributed by atoms with Gasteiger partial charge in [-0.3, -0.25) is 9.69 Å². The van der Waals surface area contributed by atoms with Crippen LogP contribution in [0.3, 0.4) is 0 Å². The molecule has 0 radical (unpaired) electrons. The molecule has 0 spiro atoms. The van der Waals surface area contributed by atoms with Crippen LogP contribution < -0.4 is 10.6 Å². The molecule has 2 N–H and O–H groups in total. The third-order valence-electron chi connectivity index (χ3n) is 5.01. The van der Waals surface area contributed by atoms with Gasteiger partial charge in [0.1, 0.15) is 5.54 Å². The average Bonchev–Trinajstić information content (AvgIpc) is 3.21. The molecule has 1 amide bonds. The molecule has 3 heterocycles. The third kappa shape index (κ3) is 2.13. The monoisotopic (exact) mass is 340 g/mol. The highest BCUT2D eigenvalue weighted by Crippen LogP contribution is 2.46. The van der Waals surface area contributed by atoms with E-state index in [1.165, 1.54) is 10.5 Å². The van der Waals surface area contributed by atoms with E-state index in [-0.39, 0.29) is 11.8 Å². The van der Waals surface area contributed by atoms with Gasteiger partial charge in [-0.05, 0) is 36.1 Å². The number of nitrogens with zero attached hydrogens (tertiary/aromatic N) is 3. The van der Waals surface area contributed by atoms with E-state index >= 15 is 0 Å². The standard InChI is InChI=1S/C18H20N4OS/c1-12-5-3-6-13(9-12)22-10-14-16(23)21(2)17(19)20-18(14,11-22)15-7-4-8-24-15/h3-9,14H,10-11H2,1-2H3,(H2,19,20). The SMILES string of the molecule is Cc1cccc(N2CC3C(=O)N(C)C(N)=NC3(c3cccs3)C2)c1. The summed E-state index contributed by atoms with van der Waals surface area (Å²) in [6.07, 6.45) is 0. The van der Waals surface area contributed by atoms with Crippen LogP contribution in [0.4, 0.5) is 5.69 Å². The van der Waals surface area contributed by atoms with Crippen LogP contribution in [0.15, 0.2) is 46.8 Å². The number of carbonyl (C=O) groups excluding carboxylic acids is 1. The van der Waals surface area contributed by atoms with Crippen molar-refractivity contribution in [3.63, 3.8) is 0 Å². The summed E-state index contributed by atoms with van der Waals surface area (Å²) in [5, 5.41) is 2.03. The number of guanidine groups is 1. The maximum atomic E-state index is 12.9.